The van der Waals surface area contributed by atoms with Gasteiger partial charge in [0.15, 0.2) is 6.29 Å². The summed E-state index contributed by atoms with van der Waals surface area (Å²) in [5, 5.41) is 9.19. The van der Waals surface area contributed by atoms with Crippen LogP contribution in [0.5, 0.6) is 0 Å². The second-order valence-electron chi connectivity index (χ2n) is 3.86. The van der Waals surface area contributed by atoms with Crippen molar-refractivity contribution in [3.8, 4) is 0 Å². The third-order valence-corrected chi connectivity index (χ3v) is 2.33. The van der Waals surface area contributed by atoms with Crippen molar-refractivity contribution < 1.29 is 41.3 Å². The Morgan fingerprint density at radius 1 is 1.33 bits per heavy atom. The number of aliphatic hydroxyl groups excluding tert-OH is 1. The maximum atomic E-state index is 12.8. The fourth-order valence-electron chi connectivity index (χ4n) is 1.16. The first-order chi connectivity index (χ1) is 8.17. The number of hydrogen-bond acceptors (Lipinski definition) is 4. The van der Waals surface area contributed by atoms with Crippen LogP contribution in [-0.4, -0.2) is 56.0 Å². The molecule has 18 heavy (non-hydrogen) atoms. The van der Waals surface area contributed by atoms with Crippen LogP contribution in [0, 0.1) is 0 Å². The van der Waals surface area contributed by atoms with Gasteiger partial charge < -0.3 is 19.3 Å². The van der Waals surface area contributed by atoms with E-state index in [-0.39, 0.29) is 12.7 Å². The summed E-state index contributed by atoms with van der Waals surface area (Å²) in [4.78, 5) is 0. The molecule has 4 nitrogen and oxygen atoms in total. The van der Waals surface area contributed by atoms with Gasteiger partial charge in [0.2, 0.25) is 0 Å². The van der Waals surface area contributed by atoms with E-state index in [1.54, 1.807) is 0 Å². The SMILES string of the molecule is COC(O)C(CC(F)(F)C(F)(F)F)OCC1CO1. The number of hydrogen-bond donors (Lipinski definition) is 1. The highest BCUT2D eigenvalue weighted by Gasteiger charge is 2.59. The Kier molecular flexibility index (Phi) is 4.87. The Morgan fingerprint density at radius 2 is 1.89 bits per heavy atom. The highest BCUT2D eigenvalue weighted by molar-refractivity contribution is 4.82. The van der Waals surface area contributed by atoms with Crippen LogP contribution < -0.4 is 0 Å². The second-order valence-corrected chi connectivity index (χ2v) is 3.86. The Morgan fingerprint density at radius 3 is 2.28 bits per heavy atom. The van der Waals surface area contributed by atoms with Crippen molar-refractivity contribution in [3.63, 3.8) is 0 Å². The number of methoxy groups -OCH3 is 1. The molecule has 0 saturated carbocycles. The van der Waals surface area contributed by atoms with Gasteiger partial charge in [-0.2, -0.15) is 22.0 Å². The summed E-state index contributed by atoms with van der Waals surface area (Å²) in [7, 11) is 0.973. The third kappa shape index (κ3) is 4.30. The first-order valence-corrected chi connectivity index (χ1v) is 5.06. The highest BCUT2D eigenvalue weighted by atomic mass is 19.4. The van der Waals surface area contributed by atoms with E-state index in [1.807, 2.05) is 0 Å². The molecule has 0 amide bonds. The molecule has 1 aliphatic rings. The van der Waals surface area contributed by atoms with Crippen LogP contribution in [0.25, 0.3) is 0 Å². The largest absolute Gasteiger partial charge is 0.453 e. The van der Waals surface area contributed by atoms with Gasteiger partial charge in [-0.1, -0.05) is 0 Å². The van der Waals surface area contributed by atoms with E-state index in [0.717, 1.165) is 7.11 Å². The Balaban J connectivity index is 2.58. The lowest BCUT2D eigenvalue weighted by Gasteiger charge is -2.27. The zero-order valence-corrected chi connectivity index (χ0v) is 9.42. The summed E-state index contributed by atoms with van der Waals surface area (Å²) in [5.74, 6) is -4.96. The van der Waals surface area contributed by atoms with Crippen molar-refractivity contribution in [3.05, 3.63) is 0 Å². The van der Waals surface area contributed by atoms with Crippen LogP contribution in [-0.2, 0) is 14.2 Å². The van der Waals surface area contributed by atoms with E-state index in [0.29, 0.717) is 6.61 Å². The second kappa shape index (κ2) is 5.64. The molecule has 0 aliphatic carbocycles. The van der Waals surface area contributed by atoms with Crippen LogP contribution in [0.4, 0.5) is 22.0 Å². The Labute approximate surface area is 99.6 Å². The summed E-state index contributed by atoms with van der Waals surface area (Å²) in [6.07, 6.45) is -11.4. The van der Waals surface area contributed by atoms with Gasteiger partial charge in [-0.05, 0) is 0 Å². The standard InChI is InChI=1S/C9H13F5O4/c1-16-7(15)6(18-4-5-3-17-5)2-8(10,11)9(12,13)14/h5-7,15H,2-4H2,1H3. The van der Waals surface area contributed by atoms with Crippen molar-refractivity contribution in [1.82, 2.24) is 0 Å². The van der Waals surface area contributed by atoms with E-state index in [1.165, 1.54) is 0 Å². The van der Waals surface area contributed by atoms with Crippen LogP contribution in [0.3, 0.4) is 0 Å². The lowest BCUT2D eigenvalue weighted by Crippen LogP contribution is -2.44. The molecule has 0 radical (unpaired) electrons. The number of rotatable bonds is 7. The molecule has 0 aromatic rings. The molecule has 9 heteroatoms. The molecular weight excluding hydrogens is 267 g/mol. The average Bonchev–Trinajstić information content (AvgIpc) is 3.05. The number of aliphatic hydroxyl groups is 1. The summed E-state index contributed by atoms with van der Waals surface area (Å²) in [6, 6.07) is 0. The number of ether oxygens (including phenoxy) is 3. The predicted molar refractivity (Wildman–Crippen MR) is 48.1 cm³/mol. The maximum Gasteiger partial charge on any atom is 0.453 e. The number of halogens is 5. The molecule has 1 aliphatic heterocycles. The Bertz CT molecular complexity index is 266. The van der Waals surface area contributed by atoms with E-state index in [4.69, 9.17) is 9.47 Å². The van der Waals surface area contributed by atoms with Gasteiger partial charge in [0, 0.05) is 7.11 Å². The van der Waals surface area contributed by atoms with Crippen LogP contribution in [0.2, 0.25) is 0 Å². The highest BCUT2D eigenvalue weighted by Crippen LogP contribution is 2.39. The number of epoxide rings is 1. The van der Waals surface area contributed by atoms with Gasteiger partial charge in [0.1, 0.15) is 12.2 Å². The van der Waals surface area contributed by atoms with Crippen LogP contribution in [0.15, 0.2) is 0 Å². The smallest absolute Gasteiger partial charge is 0.371 e. The first kappa shape index (κ1) is 15.5. The van der Waals surface area contributed by atoms with E-state index < -0.39 is 30.9 Å². The van der Waals surface area contributed by atoms with Gasteiger partial charge in [-0.25, -0.2) is 0 Å². The zero-order valence-electron chi connectivity index (χ0n) is 9.42. The van der Waals surface area contributed by atoms with E-state index in [9.17, 15) is 27.1 Å². The minimum Gasteiger partial charge on any atom is -0.371 e. The van der Waals surface area contributed by atoms with Gasteiger partial charge in [-0.3, -0.25) is 0 Å². The molecule has 3 atom stereocenters. The predicted octanol–water partition coefficient (Wildman–Crippen LogP) is 1.32. The van der Waals surface area contributed by atoms with E-state index in [2.05, 4.69) is 4.74 Å². The molecule has 0 bridgehead atoms. The normalized spacial score (nSPS) is 23.8. The quantitative estimate of drug-likeness (QED) is 0.434. The summed E-state index contributed by atoms with van der Waals surface area (Å²) in [6.45, 7) is 0.185. The van der Waals surface area contributed by atoms with Crippen molar-refractivity contribution >= 4 is 0 Å². The Hall–Kier alpha value is -0.510. The minimum atomic E-state index is -5.70. The molecule has 0 aromatic carbocycles. The lowest BCUT2D eigenvalue weighted by atomic mass is 10.1. The molecule has 3 unspecified atom stereocenters. The van der Waals surface area contributed by atoms with E-state index >= 15 is 0 Å². The van der Waals surface area contributed by atoms with Gasteiger partial charge in [-0.15, -0.1) is 0 Å². The zero-order chi connectivity index (χ0) is 14.0. The maximum absolute atomic E-state index is 12.8. The molecular formula is C9H13F5O4. The summed E-state index contributed by atoms with van der Waals surface area (Å²) < 4.78 is 75.5. The average molecular weight is 280 g/mol. The van der Waals surface area contributed by atoms with Crippen LogP contribution >= 0.6 is 0 Å². The van der Waals surface area contributed by atoms with Gasteiger partial charge >= 0.3 is 12.1 Å². The molecule has 1 N–H and O–H groups in total. The molecule has 0 spiro atoms. The monoisotopic (exact) mass is 280 g/mol. The fourth-order valence-corrected chi connectivity index (χ4v) is 1.16. The molecule has 1 heterocycles. The molecule has 1 saturated heterocycles. The van der Waals surface area contributed by atoms with Crippen molar-refractivity contribution in [2.75, 3.05) is 20.3 Å². The van der Waals surface area contributed by atoms with Crippen molar-refractivity contribution in [2.24, 2.45) is 0 Å². The molecule has 108 valence electrons. The summed E-state index contributed by atoms with van der Waals surface area (Å²) >= 11 is 0. The third-order valence-electron chi connectivity index (χ3n) is 2.33. The van der Waals surface area contributed by atoms with Crippen molar-refractivity contribution in [1.29, 1.82) is 0 Å². The molecule has 1 fully saturated rings. The van der Waals surface area contributed by atoms with Gasteiger partial charge in [0.25, 0.3) is 0 Å². The topological polar surface area (TPSA) is 51.2 Å². The summed E-state index contributed by atoms with van der Waals surface area (Å²) in [5.41, 5.74) is 0. The lowest BCUT2D eigenvalue weighted by molar-refractivity contribution is -0.300. The number of alkyl halides is 5. The molecule has 0 aromatic heterocycles. The van der Waals surface area contributed by atoms with Gasteiger partial charge in [0.05, 0.1) is 19.6 Å². The molecule has 1 rings (SSSR count). The fraction of sp³-hybridized carbons (Fsp3) is 1.00. The van der Waals surface area contributed by atoms with Crippen molar-refractivity contribution in [2.45, 2.75) is 37.0 Å². The minimum absolute atomic E-state index is 0.168. The first-order valence-electron chi connectivity index (χ1n) is 5.06. The van der Waals surface area contributed by atoms with Crippen LogP contribution in [0.1, 0.15) is 6.42 Å².